The van der Waals surface area contributed by atoms with Crippen molar-refractivity contribution in [1.82, 2.24) is 0 Å². The molecule has 0 aromatic heterocycles. The molecule has 2 aliphatic heterocycles. The van der Waals surface area contributed by atoms with Gasteiger partial charge in [0.25, 0.3) is 0 Å². The monoisotopic (exact) mass is 313 g/mol. The molecular weight excluding hydrogens is 299 g/mol. The SMILES string of the molecule is N#Cc1ccc(C2(O)CC3CCC(C2)S3)c(C(F)(F)F)c1. The van der Waals surface area contributed by atoms with Crippen LogP contribution >= 0.6 is 11.8 Å². The Morgan fingerprint density at radius 3 is 2.38 bits per heavy atom. The van der Waals surface area contributed by atoms with E-state index in [1.807, 2.05) is 0 Å². The molecule has 2 aliphatic rings. The minimum atomic E-state index is -4.57. The van der Waals surface area contributed by atoms with Crippen LogP contribution < -0.4 is 0 Å². The van der Waals surface area contributed by atoms with Gasteiger partial charge in [0.15, 0.2) is 0 Å². The minimum absolute atomic E-state index is 0.0390. The molecule has 0 aliphatic carbocycles. The summed E-state index contributed by atoms with van der Waals surface area (Å²) in [6.07, 6.45) is -1.96. The van der Waals surface area contributed by atoms with Gasteiger partial charge in [-0.1, -0.05) is 6.07 Å². The smallest absolute Gasteiger partial charge is 0.385 e. The van der Waals surface area contributed by atoms with Crippen LogP contribution in [-0.2, 0) is 11.8 Å². The Hall–Kier alpha value is -1.19. The summed E-state index contributed by atoms with van der Waals surface area (Å²) < 4.78 is 39.8. The van der Waals surface area contributed by atoms with Gasteiger partial charge in [-0.25, -0.2) is 0 Å². The predicted octanol–water partition coefficient (Wildman–Crippen LogP) is 3.82. The van der Waals surface area contributed by atoms with E-state index in [0.29, 0.717) is 12.8 Å². The molecule has 1 aromatic rings. The normalized spacial score (nSPS) is 32.0. The van der Waals surface area contributed by atoms with Gasteiger partial charge in [0.2, 0.25) is 0 Å². The summed E-state index contributed by atoms with van der Waals surface area (Å²) >= 11 is 1.78. The van der Waals surface area contributed by atoms with E-state index < -0.39 is 17.3 Å². The molecule has 2 nitrogen and oxygen atoms in total. The second-order valence-electron chi connectivity index (χ2n) is 5.77. The van der Waals surface area contributed by atoms with Gasteiger partial charge >= 0.3 is 6.18 Å². The number of nitriles is 1. The third-order valence-corrected chi connectivity index (χ3v) is 5.86. The number of alkyl halides is 3. The number of benzene rings is 1. The molecule has 21 heavy (non-hydrogen) atoms. The number of nitrogens with zero attached hydrogens (tertiary/aromatic N) is 1. The molecule has 2 saturated heterocycles. The molecule has 1 aromatic carbocycles. The molecule has 2 heterocycles. The molecule has 6 heteroatoms. The topological polar surface area (TPSA) is 44.0 Å². The van der Waals surface area contributed by atoms with Gasteiger partial charge in [-0.2, -0.15) is 30.2 Å². The zero-order valence-electron chi connectivity index (χ0n) is 11.2. The molecule has 2 bridgehead atoms. The molecular formula is C15H14F3NOS. The molecule has 2 fully saturated rings. The van der Waals surface area contributed by atoms with E-state index >= 15 is 0 Å². The van der Waals surface area contributed by atoms with Crippen molar-refractivity contribution < 1.29 is 18.3 Å². The van der Waals surface area contributed by atoms with E-state index in [2.05, 4.69) is 0 Å². The molecule has 3 rings (SSSR count). The number of thioether (sulfide) groups is 1. The highest BCUT2D eigenvalue weighted by atomic mass is 32.2. The largest absolute Gasteiger partial charge is 0.416 e. The van der Waals surface area contributed by atoms with Crippen molar-refractivity contribution in [3.63, 3.8) is 0 Å². The van der Waals surface area contributed by atoms with E-state index in [1.54, 1.807) is 17.8 Å². The third-order valence-electron chi connectivity index (χ3n) is 4.28. The Kier molecular flexibility index (Phi) is 3.45. The zero-order chi connectivity index (χ0) is 15.3. The van der Waals surface area contributed by atoms with Gasteiger partial charge in [0.1, 0.15) is 0 Å². The first kappa shape index (κ1) is 14.7. The summed E-state index contributed by atoms with van der Waals surface area (Å²) in [6.45, 7) is 0. The van der Waals surface area contributed by atoms with Gasteiger partial charge in [0, 0.05) is 10.5 Å². The van der Waals surface area contributed by atoms with Crippen molar-refractivity contribution in [1.29, 1.82) is 5.26 Å². The Morgan fingerprint density at radius 1 is 1.24 bits per heavy atom. The van der Waals surface area contributed by atoms with E-state index in [0.717, 1.165) is 18.9 Å². The maximum absolute atomic E-state index is 13.3. The van der Waals surface area contributed by atoms with Crippen LogP contribution in [0.4, 0.5) is 13.2 Å². The Labute approximate surface area is 125 Å². The number of hydrogen-bond acceptors (Lipinski definition) is 3. The fraction of sp³-hybridized carbons (Fsp3) is 0.533. The fourth-order valence-corrected chi connectivity index (χ4v) is 5.22. The highest BCUT2D eigenvalue weighted by Gasteiger charge is 2.48. The highest BCUT2D eigenvalue weighted by molar-refractivity contribution is 8.00. The third kappa shape index (κ3) is 2.65. The fourth-order valence-electron chi connectivity index (χ4n) is 3.39. The first-order valence-electron chi connectivity index (χ1n) is 6.81. The average molecular weight is 313 g/mol. The van der Waals surface area contributed by atoms with Crippen molar-refractivity contribution >= 4 is 11.8 Å². The number of halogens is 3. The number of hydrogen-bond donors (Lipinski definition) is 1. The number of fused-ring (bicyclic) bond motifs is 2. The lowest BCUT2D eigenvalue weighted by molar-refractivity contribution is -0.141. The quantitative estimate of drug-likeness (QED) is 0.857. The average Bonchev–Trinajstić information content (AvgIpc) is 2.77. The van der Waals surface area contributed by atoms with Gasteiger partial charge in [-0.3, -0.25) is 0 Å². The van der Waals surface area contributed by atoms with Crippen LogP contribution in [0.3, 0.4) is 0 Å². The van der Waals surface area contributed by atoms with Gasteiger partial charge in [-0.05, 0) is 43.4 Å². The summed E-state index contributed by atoms with van der Waals surface area (Å²) in [5.41, 5.74) is -2.43. The molecule has 0 saturated carbocycles. The molecule has 0 amide bonds. The second kappa shape index (κ2) is 4.92. The standard InChI is InChI=1S/C15H14F3NOS/c16-15(17,18)13-5-9(8-19)1-4-12(13)14(20)6-10-2-3-11(7-14)21-10/h1,4-5,10-11,20H,2-3,6-7H2. The van der Waals surface area contributed by atoms with E-state index in [1.165, 1.54) is 12.1 Å². The van der Waals surface area contributed by atoms with Crippen LogP contribution in [0.25, 0.3) is 0 Å². The Balaban J connectivity index is 2.07. The second-order valence-corrected chi connectivity index (χ2v) is 7.37. The molecule has 2 unspecified atom stereocenters. The number of rotatable bonds is 1. The Morgan fingerprint density at radius 2 is 1.86 bits per heavy atom. The van der Waals surface area contributed by atoms with E-state index in [4.69, 9.17) is 5.26 Å². The van der Waals surface area contributed by atoms with Crippen molar-refractivity contribution in [2.24, 2.45) is 0 Å². The lowest BCUT2D eigenvalue weighted by Crippen LogP contribution is -2.36. The summed E-state index contributed by atoms with van der Waals surface area (Å²) in [7, 11) is 0. The Bertz CT molecular complexity index is 596. The summed E-state index contributed by atoms with van der Waals surface area (Å²) in [4.78, 5) is 0. The maximum atomic E-state index is 13.3. The van der Waals surface area contributed by atoms with Crippen LogP contribution in [0, 0.1) is 11.3 Å². The van der Waals surface area contributed by atoms with E-state index in [-0.39, 0.29) is 21.6 Å². The van der Waals surface area contributed by atoms with Crippen molar-refractivity contribution in [2.45, 2.75) is 48.0 Å². The summed E-state index contributed by atoms with van der Waals surface area (Å²) in [5.74, 6) is 0. The van der Waals surface area contributed by atoms with Crippen LogP contribution in [0.15, 0.2) is 18.2 Å². The van der Waals surface area contributed by atoms with Crippen molar-refractivity contribution in [3.05, 3.63) is 34.9 Å². The minimum Gasteiger partial charge on any atom is -0.385 e. The lowest BCUT2D eigenvalue weighted by atomic mass is 9.82. The molecule has 0 spiro atoms. The first-order valence-corrected chi connectivity index (χ1v) is 7.76. The molecule has 112 valence electrons. The van der Waals surface area contributed by atoms with Crippen LogP contribution in [0.5, 0.6) is 0 Å². The predicted molar refractivity (Wildman–Crippen MR) is 73.7 cm³/mol. The van der Waals surface area contributed by atoms with Crippen LogP contribution in [0.1, 0.15) is 42.4 Å². The zero-order valence-corrected chi connectivity index (χ0v) is 12.0. The lowest BCUT2D eigenvalue weighted by Gasteiger charge is -2.37. The van der Waals surface area contributed by atoms with Crippen LogP contribution in [-0.4, -0.2) is 15.6 Å². The highest BCUT2D eigenvalue weighted by Crippen LogP contribution is 2.53. The molecule has 2 atom stereocenters. The van der Waals surface area contributed by atoms with E-state index in [9.17, 15) is 18.3 Å². The van der Waals surface area contributed by atoms with Crippen molar-refractivity contribution in [3.8, 4) is 6.07 Å². The molecule has 0 radical (unpaired) electrons. The van der Waals surface area contributed by atoms with Crippen LogP contribution in [0.2, 0.25) is 0 Å². The van der Waals surface area contributed by atoms with Gasteiger partial charge < -0.3 is 5.11 Å². The first-order chi connectivity index (χ1) is 9.82. The van der Waals surface area contributed by atoms with Gasteiger partial charge in [-0.15, -0.1) is 0 Å². The maximum Gasteiger partial charge on any atom is 0.416 e. The summed E-state index contributed by atoms with van der Waals surface area (Å²) in [6, 6.07) is 5.20. The number of aliphatic hydroxyl groups is 1. The summed E-state index contributed by atoms with van der Waals surface area (Å²) in [5, 5.41) is 20.1. The van der Waals surface area contributed by atoms with Crippen molar-refractivity contribution in [2.75, 3.05) is 0 Å². The van der Waals surface area contributed by atoms with Gasteiger partial charge in [0.05, 0.1) is 22.8 Å². The molecule has 1 N–H and O–H groups in total.